The number of esters is 1. The van der Waals surface area contributed by atoms with Crippen LogP contribution in [-0.4, -0.2) is 132 Å². The second-order valence-corrected chi connectivity index (χ2v) is 17.8. The lowest BCUT2D eigenvalue weighted by Crippen LogP contribution is -2.26. The van der Waals surface area contributed by atoms with Crippen LogP contribution in [0.3, 0.4) is 0 Å². The van der Waals surface area contributed by atoms with Crippen molar-refractivity contribution in [2.45, 2.75) is 201 Å². The maximum Gasteiger partial charge on any atom is 0.311 e. The van der Waals surface area contributed by atoms with Crippen molar-refractivity contribution in [3.05, 3.63) is 0 Å². The van der Waals surface area contributed by atoms with E-state index >= 15 is 0 Å². The Morgan fingerprint density at radius 2 is 0.460 bits per heavy atom. The molecule has 11 nitrogen and oxygen atoms in total. The van der Waals surface area contributed by atoms with Gasteiger partial charge in [-0.2, -0.15) is 0 Å². The largest absolute Gasteiger partial charge is 0.465 e. The van der Waals surface area contributed by atoms with Gasteiger partial charge in [-0.1, -0.05) is 6.92 Å². The molecule has 0 aliphatic carbocycles. The molecule has 0 bridgehead atoms. The van der Waals surface area contributed by atoms with Gasteiger partial charge in [0.05, 0.1) is 12.0 Å². The molecule has 0 amide bonds. The van der Waals surface area contributed by atoms with Crippen LogP contribution in [0, 0.1) is 5.41 Å². The van der Waals surface area contributed by atoms with E-state index in [2.05, 4.69) is 0 Å². The molecule has 378 valence electrons. The molecule has 0 aromatic heterocycles. The summed E-state index contributed by atoms with van der Waals surface area (Å²) in [7, 11) is 1.76. The zero-order valence-electron chi connectivity index (χ0n) is 42.0. The number of rotatable bonds is 56. The topological polar surface area (TPSA) is 109 Å². The molecule has 0 saturated carbocycles. The Hall–Kier alpha value is -0.890. The number of carbonyl (C=O) groups is 1. The first-order valence-electron chi connectivity index (χ1n) is 26.3. The van der Waals surface area contributed by atoms with Gasteiger partial charge in [0.25, 0.3) is 0 Å². The summed E-state index contributed by atoms with van der Waals surface area (Å²) < 4.78 is 56.7. The minimum Gasteiger partial charge on any atom is -0.465 e. The van der Waals surface area contributed by atoms with Gasteiger partial charge in [0.1, 0.15) is 0 Å². The van der Waals surface area contributed by atoms with Gasteiger partial charge in [0, 0.05) is 119 Å². The predicted octanol–water partition coefficient (Wildman–Crippen LogP) is 12.3. The summed E-state index contributed by atoms with van der Waals surface area (Å²) in [6.07, 6.45) is 31.0. The van der Waals surface area contributed by atoms with Crippen LogP contribution in [0.15, 0.2) is 0 Å². The number of methoxy groups -OCH3 is 1. The molecule has 0 atom stereocenters. The van der Waals surface area contributed by atoms with Crippen molar-refractivity contribution < 1.29 is 52.2 Å². The number of hydrogen-bond acceptors (Lipinski definition) is 11. The third-order valence-electron chi connectivity index (χ3n) is 11.3. The summed E-state index contributed by atoms with van der Waals surface area (Å²) in [5.41, 5.74) is -0.377. The highest BCUT2D eigenvalue weighted by atomic mass is 16.5. The first-order chi connectivity index (χ1) is 31.0. The zero-order chi connectivity index (χ0) is 45.7. The first kappa shape index (κ1) is 62.1. The van der Waals surface area contributed by atoms with Crippen LogP contribution < -0.4 is 0 Å². The molecular formula is C52H104O11. The predicted molar refractivity (Wildman–Crippen MR) is 258 cm³/mol. The molecule has 11 heteroatoms. The Labute approximate surface area is 389 Å². The van der Waals surface area contributed by atoms with Crippen LogP contribution in [0.4, 0.5) is 0 Å². The van der Waals surface area contributed by atoms with Crippen molar-refractivity contribution in [2.75, 3.05) is 126 Å². The molecule has 0 rings (SSSR count). The summed E-state index contributed by atoms with van der Waals surface area (Å²) in [6.45, 7) is 20.9. The standard InChI is InChI=1S/C52H104O11/c1-5-52(2,3)51(53)63-50-32-14-31-49-62-48-30-13-29-47-61-46-28-12-27-45-60-44-26-11-25-43-59-42-24-10-23-41-58-40-22-9-21-39-57-38-20-8-19-37-56-36-18-7-17-35-55-34-16-6-15-33-54-4/h5-50H2,1-4H3. The lowest BCUT2D eigenvalue weighted by molar-refractivity contribution is -0.154. The Morgan fingerprint density at radius 3 is 0.635 bits per heavy atom. The fourth-order valence-electron chi connectivity index (χ4n) is 6.53. The summed E-state index contributed by atoms with van der Waals surface area (Å²) in [5, 5.41) is 0. The fourth-order valence-corrected chi connectivity index (χ4v) is 6.53. The molecule has 0 aromatic rings. The first-order valence-corrected chi connectivity index (χ1v) is 26.3. The molecule has 0 fully saturated rings. The number of ether oxygens (including phenoxy) is 10. The Morgan fingerprint density at radius 1 is 0.286 bits per heavy atom. The molecule has 0 radical (unpaired) electrons. The molecule has 0 unspecified atom stereocenters. The minimum absolute atomic E-state index is 0.0897. The normalized spacial score (nSPS) is 11.9. The van der Waals surface area contributed by atoms with E-state index in [4.69, 9.17) is 47.4 Å². The van der Waals surface area contributed by atoms with E-state index in [1.165, 1.54) is 38.5 Å². The maximum absolute atomic E-state index is 12.0. The van der Waals surface area contributed by atoms with Gasteiger partial charge in [-0.05, 0) is 194 Å². The summed E-state index contributed by atoms with van der Waals surface area (Å²) in [5.74, 6) is -0.0897. The van der Waals surface area contributed by atoms with Gasteiger partial charge in [-0.3, -0.25) is 4.79 Å². The highest BCUT2D eigenvalue weighted by molar-refractivity contribution is 5.75. The van der Waals surface area contributed by atoms with Crippen molar-refractivity contribution in [2.24, 2.45) is 5.41 Å². The van der Waals surface area contributed by atoms with Crippen molar-refractivity contribution in [1.82, 2.24) is 0 Å². The van der Waals surface area contributed by atoms with Crippen molar-refractivity contribution in [1.29, 1.82) is 0 Å². The molecule has 0 heterocycles. The van der Waals surface area contributed by atoms with E-state index in [0.29, 0.717) is 6.61 Å². The number of unbranched alkanes of at least 4 members (excludes halogenated alkanes) is 18. The van der Waals surface area contributed by atoms with E-state index in [9.17, 15) is 4.79 Å². The summed E-state index contributed by atoms with van der Waals surface area (Å²) in [6, 6.07) is 0. The monoisotopic (exact) mass is 905 g/mol. The van der Waals surface area contributed by atoms with Gasteiger partial charge in [0.15, 0.2) is 0 Å². The third kappa shape index (κ3) is 51.9. The smallest absolute Gasteiger partial charge is 0.311 e. The van der Waals surface area contributed by atoms with Gasteiger partial charge in [-0.15, -0.1) is 0 Å². The molecule has 0 saturated heterocycles. The van der Waals surface area contributed by atoms with Gasteiger partial charge < -0.3 is 47.4 Å². The lowest BCUT2D eigenvalue weighted by atomic mass is 9.91. The van der Waals surface area contributed by atoms with Crippen molar-refractivity contribution in [3.8, 4) is 0 Å². The van der Waals surface area contributed by atoms with Crippen LogP contribution in [0.1, 0.15) is 201 Å². The van der Waals surface area contributed by atoms with Crippen LogP contribution >= 0.6 is 0 Å². The van der Waals surface area contributed by atoms with Gasteiger partial charge in [-0.25, -0.2) is 0 Å². The van der Waals surface area contributed by atoms with Crippen LogP contribution in [-0.2, 0) is 52.2 Å². The SMILES string of the molecule is CCC(C)(C)C(=O)OCCCCCOCCCCCOCCCCCOCCCCCOCCCCCOCCCCCOCCCCCOCCCCCOCCCCCOC. The Balaban J connectivity index is 3.10. The van der Waals surface area contributed by atoms with Crippen molar-refractivity contribution >= 4 is 5.97 Å². The van der Waals surface area contributed by atoms with Crippen LogP contribution in [0.5, 0.6) is 0 Å². The van der Waals surface area contributed by atoms with Crippen molar-refractivity contribution in [3.63, 3.8) is 0 Å². The lowest BCUT2D eigenvalue weighted by Gasteiger charge is -2.20. The van der Waals surface area contributed by atoms with Crippen LogP contribution in [0.25, 0.3) is 0 Å². The van der Waals surface area contributed by atoms with E-state index in [0.717, 1.165) is 254 Å². The average Bonchev–Trinajstić information content (AvgIpc) is 3.29. The minimum atomic E-state index is -0.377. The van der Waals surface area contributed by atoms with E-state index in [1.807, 2.05) is 20.8 Å². The van der Waals surface area contributed by atoms with Gasteiger partial charge >= 0.3 is 5.97 Å². The van der Waals surface area contributed by atoms with Crippen LogP contribution in [0.2, 0.25) is 0 Å². The third-order valence-corrected chi connectivity index (χ3v) is 11.3. The molecule has 0 aromatic carbocycles. The highest BCUT2D eigenvalue weighted by Gasteiger charge is 2.26. The second-order valence-electron chi connectivity index (χ2n) is 17.8. The summed E-state index contributed by atoms with van der Waals surface area (Å²) >= 11 is 0. The fraction of sp³-hybridized carbons (Fsp3) is 0.981. The molecule has 0 spiro atoms. The molecule has 0 aliphatic heterocycles. The second kappa shape index (κ2) is 53.7. The number of hydrogen-bond donors (Lipinski definition) is 0. The Bertz CT molecular complexity index is 862. The molecule has 63 heavy (non-hydrogen) atoms. The van der Waals surface area contributed by atoms with E-state index < -0.39 is 0 Å². The number of carbonyl (C=O) groups excluding carboxylic acids is 1. The average molecular weight is 905 g/mol. The van der Waals surface area contributed by atoms with E-state index in [1.54, 1.807) is 7.11 Å². The molecular weight excluding hydrogens is 801 g/mol. The van der Waals surface area contributed by atoms with Gasteiger partial charge in [0.2, 0.25) is 0 Å². The van der Waals surface area contributed by atoms with E-state index in [-0.39, 0.29) is 11.4 Å². The molecule has 0 aliphatic rings. The highest BCUT2D eigenvalue weighted by Crippen LogP contribution is 2.21. The quantitative estimate of drug-likeness (QED) is 0.0430. The maximum atomic E-state index is 12.0. The zero-order valence-corrected chi connectivity index (χ0v) is 42.0. The Kier molecular flexibility index (Phi) is 53.0. The molecule has 0 N–H and O–H groups in total. The summed E-state index contributed by atoms with van der Waals surface area (Å²) in [4.78, 5) is 12.0.